The molecule has 0 unspecified atom stereocenters. The van der Waals surface area contributed by atoms with E-state index in [4.69, 9.17) is 4.74 Å². The zero-order valence-electron chi connectivity index (χ0n) is 15.9. The zero-order valence-corrected chi connectivity index (χ0v) is 15.9. The molecule has 144 valence electrons. The Morgan fingerprint density at radius 3 is 2.54 bits per heavy atom. The maximum atomic E-state index is 11.6. The van der Waals surface area contributed by atoms with Crippen molar-refractivity contribution in [3.8, 4) is 5.75 Å². The SMILES string of the molecule is COc1ccc([C@@H]2C=C(c3cccc([N+](=O)[O-])c3)NN2/C(C)=C/C(C)=O)cc1. The van der Waals surface area contributed by atoms with Crippen LogP contribution in [0.4, 0.5) is 5.69 Å². The normalized spacial score (nSPS) is 16.4. The number of nitrogens with zero attached hydrogens (tertiary/aromatic N) is 2. The first kappa shape index (κ1) is 19.2. The van der Waals surface area contributed by atoms with Gasteiger partial charge in [-0.1, -0.05) is 24.3 Å². The third-order valence-corrected chi connectivity index (χ3v) is 4.46. The molecule has 0 fully saturated rings. The van der Waals surface area contributed by atoms with Crippen molar-refractivity contribution in [3.63, 3.8) is 0 Å². The number of rotatable bonds is 6. The Kier molecular flexibility index (Phi) is 5.44. The Hall–Kier alpha value is -3.61. The van der Waals surface area contributed by atoms with Gasteiger partial charge in [0, 0.05) is 29.5 Å². The fourth-order valence-electron chi connectivity index (χ4n) is 3.13. The van der Waals surface area contributed by atoms with E-state index in [-0.39, 0.29) is 17.5 Å². The average Bonchev–Trinajstić information content (AvgIpc) is 3.13. The summed E-state index contributed by atoms with van der Waals surface area (Å²) < 4.78 is 5.22. The van der Waals surface area contributed by atoms with Crippen LogP contribution in [0.2, 0.25) is 0 Å². The van der Waals surface area contributed by atoms with E-state index in [0.717, 1.165) is 22.7 Å². The molecule has 0 aliphatic carbocycles. The van der Waals surface area contributed by atoms with Crippen LogP contribution in [0.3, 0.4) is 0 Å². The van der Waals surface area contributed by atoms with E-state index in [2.05, 4.69) is 5.43 Å². The zero-order chi connectivity index (χ0) is 20.3. The minimum absolute atomic E-state index is 0.0237. The van der Waals surface area contributed by atoms with E-state index in [0.29, 0.717) is 5.56 Å². The summed E-state index contributed by atoms with van der Waals surface area (Å²) in [5, 5.41) is 13.0. The van der Waals surface area contributed by atoms with Crippen LogP contribution in [0.25, 0.3) is 5.70 Å². The Morgan fingerprint density at radius 2 is 1.93 bits per heavy atom. The van der Waals surface area contributed by atoms with E-state index in [1.165, 1.54) is 19.1 Å². The Labute approximate surface area is 163 Å². The summed E-state index contributed by atoms with van der Waals surface area (Å²) in [5.41, 5.74) is 6.47. The van der Waals surface area contributed by atoms with Gasteiger partial charge in [0.2, 0.25) is 0 Å². The predicted molar refractivity (Wildman–Crippen MR) is 106 cm³/mol. The standard InChI is InChI=1S/C21H21N3O4/c1-14(11-15(2)25)23-21(16-7-9-19(28-3)10-8-16)13-20(22-23)17-5-4-6-18(12-17)24(26)27/h4-13,21-22H,1-3H3/b14-11+/t21-/m0/s1. The first-order valence-corrected chi connectivity index (χ1v) is 8.74. The number of benzene rings is 2. The average molecular weight is 379 g/mol. The second-order valence-electron chi connectivity index (χ2n) is 6.48. The molecule has 0 aromatic heterocycles. The van der Waals surface area contributed by atoms with Crippen molar-refractivity contribution in [1.82, 2.24) is 10.4 Å². The third-order valence-electron chi connectivity index (χ3n) is 4.46. The first-order chi connectivity index (χ1) is 13.4. The lowest BCUT2D eigenvalue weighted by molar-refractivity contribution is -0.384. The molecule has 0 saturated heterocycles. The fourth-order valence-corrected chi connectivity index (χ4v) is 3.13. The third kappa shape index (κ3) is 4.03. The van der Waals surface area contributed by atoms with Crippen molar-refractivity contribution < 1.29 is 14.5 Å². The summed E-state index contributed by atoms with van der Waals surface area (Å²) in [4.78, 5) is 22.3. The van der Waals surface area contributed by atoms with Crippen LogP contribution in [-0.4, -0.2) is 22.8 Å². The summed E-state index contributed by atoms with van der Waals surface area (Å²) in [6.45, 7) is 3.34. The summed E-state index contributed by atoms with van der Waals surface area (Å²) in [6.07, 6.45) is 3.53. The highest BCUT2D eigenvalue weighted by molar-refractivity contribution is 5.87. The van der Waals surface area contributed by atoms with E-state index < -0.39 is 4.92 Å². The van der Waals surface area contributed by atoms with Gasteiger partial charge >= 0.3 is 0 Å². The molecule has 1 N–H and O–H groups in total. The van der Waals surface area contributed by atoms with Gasteiger partial charge in [-0.3, -0.25) is 25.3 Å². The maximum absolute atomic E-state index is 11.6. The van der Waals surface area contributed by atoms with Crippen LogP contribution < -0.4 is 10.2 Å². The summed E-state index contributed by atoms with van der Waals surface area (Å²) >= 11 is 0. The Morgan fingerprint density at radius 1 is 1.21 bits per heavy atom. The highest BCUT2D eigenvalue weighted by atomic mass is 16.6. The minimum atomic E-state index is -0.418. The number of ether oxygens (including phenoxy) is 1. The number of nitrogens with one attached hydrogen (secondary N) is 1. The van der Waals surface area contributed by atoms with E-state index in [9.17, 15) is 14.9 Å². The van der Waals surface area contributed by atoms with Crippen molar-refractivity contribution in [2.45, 2.75) is 19.9 Å². The second kappa shape index (κ2) is 7.96. The van der Waals surface area contributed by atoms with Gasteiger partial charge in [0.05, 0.1) is 23.8 Å². The molecule has 0 spiro atoms. The topological polar surface area (TPSA) is 84.7 Å². The molecule has 2 aromatic carbocycles. The number of carbonyl (C=O) groups excluding carboxylic acids is 1. The van der Waals surface area contributed by atoms with Crippen LogP contribution in [0, 0.1) is 10.1 Å². The summed E-state index contributed by atoms with van der Waals surface area (Å²) in [7, 11) is 1.61. The van der Waals surface area contributed by atoms with Crippen molar-refractivity contribution >= 4 is 17.2 Å². The quantitative estimate of drug-likeness (QED) is 0.464. The highest BCUT2D eigenvalue weighted by Gasteiger charge is 2.27. The molecule has 1 aliphatic rings. The maximum Gasteiger partial charge on any atom is 0.270 e. The van der Waals surface area contributed by atoms with Gasteiger partial charge in [0.25, 0.3) is 5.69 Å². The van der Waals surface area contributed by atoms with Crippen LogP contribution in [0.15, 0.2) is 66.4 Å². The molecule has 7 nitrogen and oxygen atoms in total. The lowest BCUT2D eigenvalue weighted by atomic mass is 10.0. The molecular weight excluding hydrogens is 358 g/mol. The lowest BCUT2D eigenvalue weighted by Crippen LogP contribution is -2.32. The molecule has 0 amide bonds. The molecule has 2 aromatic rings. The van der Waals surface area contributed by atoms with Crippen molar-refractivity contribution in [2.24, 2.45) is 0 Å². The van der Waals surface area contributed by atoms with E-state index >= 15 is 0 Å². The molecule has 1 heterocycles. The van der Waals surface area contributed by atoms with Gasteiger partial charge in [0.15, 0.2) is 5.78 Å². The molecule has 7 heteroatoms. The number of non-ortho nitro benzene ring substituents is 1. The number of allylic oxidation sites excluding steroid dienone is 2. The highest BCUT2D eigenvalue weighted by Crippen LogP contribution is 2.35. The fraction of sp³-hybridized carbons (Fsp3) is 0.190. The van der Waals surface area contributed by atoms with Gasteiger partial charge in [-0.2, -0.15) is 0 Å². The number of nitro groups is 1. The number of methoxy groups -OCH3 is 1. The summed E-state index contributed by atoms with van der Waals surface area (Å²) in [6, 6.07) is 13.9. The van der Waals surface area contributed by atoms with E-state index in [1.807, 2.05) is 48.3 Å². The second-order valence-corrected chi connectivity index (χ2v) is 6.48. The van der Waals surface area contributed by atoms with Crippen molar-refractivity contribution in [3.05, 3.63) is 87.6 Å². The van der Waals surface area contributed by atoms with Crippen LogP contribution in [-0.2, 0) is 4.79 Å². The predicted octanol–water partition coefficient (Wildman–Crippen LogP) is 4.00. The number of hydrogen-bond donors (Lipinski definition) is 1. The van der Waals surface area contributed by atoms with Gasteiger partial charge in [-0.05, 0) is 37.6 Å². The van der Waals surface area contributed by atoms with Crippen LogP contribution >= 0.6 is 0 Å². The molecule has 3 rings (SSSR count). The molecule has 28 heavy (non-hydrogen) atoms. The molecule has 1 aliphatic heterocycles. The lowest BCUT2D eigenvalue weighted by Gasteiger charge is -2.28. The van der Waals surface area contributed by atoms with Crippen molar-refractivity contribution in [1.29, 1.82) is 0 Å². The molecule has 0 radical (unpaired) electrons. The van der Waals surface area contributed by atoms with Gasteiger partial charge in [-0.15, -0.1) is 0 Å². The Bertz CT molecular complexity index is 964. The molecule has 0 saturated carbocycles. The van der Waals surface area contributed by atoms with Crippen molar-refractivity contribution in [2.75, 3.05) is 7.11 Å². The molecule has 1 atom stereocenters. The van der Waals surface area contributed by atoms with Gasteiger partial charge < -0.3 is 4.74 Å². The van der Waals surface area contributed by atoms with Gasteiger partial charge in [-0.25, -0.2) is 0 Å². The number of nitro benzene ring substituents is 1. The van der Waals surface area contributed by atoms with Crippen LogP contribution in [0.1, 0.15) is 31.0 Å². The number of hydrazine groups is 1. The Balaban J connectivity index is 2.01. The summed E-state index contributed by atoms with van der Waals surface area (Å²) in [5.74, 6) is 0.691. The monoisotopic (exact) mass is 379 g/mol. The largest absolute Gasteiger partial charge is 0.497 e. The number of ketones is 1. The molecular formula is C21H21N3O4. The smallest absolute Gasteiger partial charge is 0.270 e. The van der Waals surface area contributed by atoms with E-state index in [1.54, 1.807) is 19.3 Å². The van der Waals surface area contributed by atoms with Crippen LogP contribution in [0.5, 0.6) is 5.75 Å². The minimum Gasteiger partial charge on any atom is -0.497 e. The first-order valence-electron chi connectivity index (χ1n) is 8.74. The number of hydrogen-bond acceptors (Lipinski definition) is 6. The van der Waals surface area contributed by atoms with Gasteiger partial charge in [0.1, 0.15) is 5.75 Å². The number of carbonyl (C=O) groups is 1. The molecule has 0 bridgehead atoms.